The highest BCUT2D eigenvalue weighted by molar-refractivity contribution is 5.80. The van der Waals surface area contributed by atoms with Gasteiger partial charge in [-0.25, -0.2) is 0 Å². The molecule has 1 aliphatic rings. The van der Waals surface area contributed by atoms with Crippen LogP contribution in [0.5, 0.6) is 0 Å². The molecule has 0 aromatic rings. The highest BCUT2D eigenvalue weighted by atomic mass is 16.3. The largest absolute Gasteiger partial charge is 0.389 e. The number of hydrogen-bond acceptors (Lipinski definition) is 2. The maximum atomic E-state index is 11.4. The van der Waals surface area contributed by atoms with Gasteiger partial charge in [-0.1, -0.05) is 64.7 Å². The van der Waals surface area contributed by atoms with Crippen molar-refractivity contribution < 1.29 is 9.90 Å². The normalized spacial score (nSPS) is 23.8. The van der Waals surface area contributed by atoms with E-state index in [1.54, 1.807) is 0 Å². The maximum absolute atomic E-state index is 11.4. The summed E-state index contributed by atoms with van der Waals surface area (Å²) in [5.74, 6) is 0.254. The van der Waals surface area contributed by atoms with E-state index >= 15 is 0 Å². The first-order valence-electron chi connectivity index (χ1n) is 8.40. The van der Waals surface area contributed by atoms with Crippen LogP contribution < -0.4 is 0 Å². The molecule has 1 saturated carbocycles. The van der Waals surface area contributed by atoms with E-state index in [2.05, 4.69) is 6.92 Å². The van der Waals surface area contributed by atoms with Gasteiger partial charge in [0.15, 0.2) is 0 Å². The van der Waals surface area contributed by atoms with Crippen molar-refractivity contribution in [3.63, 3.8) is 0 Å². The average molecular weight is 268 g/mol. The fourth-order valence-corrected chi connectivity index (χ4v) is 3.14. The van der Waals surface area contributed by atoms with Gasteiger partial charge in [-0.05, 0) is 19.3 Å². The summed E-state index contributed by atoms with van der Waals surface area (Å²) in [6, 6.07) is 0. The monoisotopic (exact) mass is 268 g/mol. The number of carbonyl (C=O) groups is 1. The van der Waals surface area contributed by atoms with Crippen molar-refractivity contribution >= 4 is 5.78 Å². The van der Waals surface area contributed by atoms with Crippen molar-refractivity contribution in [3.8, 4) is 0 Å². The van der Waals surface area contributed by atoms with Crippen LogP contribution in [0.1, 0.15) is 96.8 Å². The van der Waals surface area contributed by atoms with Crippen molar-refractivity contribution in [1.29, 1.82) is 0 Å². The molecule has 2 heteroatoms. The Morgan fingerprint density at radius 2 is 1.58 bits per heavy atom. The Balaban J connectivity index is 1.94. The third-order valence-corrected chi connectivity index (χ3v) is 4.37. The van der Waals surface area contributed by atoms with Crippen LogP contribution in [0.15, 0.2) is 0 Å². The van der Waals surface area contributed by atoms with Crippen LogP contribution in [0.4, 0.5) is 0 Å². The van der Waals surface area contributed by atoms with Crippen LogP contribution in [-0.4, -0.2) is 16.5 Å². The van der Waals surface area contributed by atoms with Crippen LogP contribution in [0.25, 0.3) is 0 Å². The minimum absolute atomic E-state index is 0.254. The molecule has 0 spiro atoms. The first-order chi connectivity index (χ1) is 9.16. The van der Waals surface area contributed by atoms with Crippen molar-refractivity contribution in [2.24, 2.45) is 0 Å². The lowest BCUT2D eigenvalue weighted by atomic mass is 9.80. The van der Waals surface area contributed by atoms with Gasteiger partial charge in [0.05, 0.1) is 5.60 Å². The van der Waals surface area contributed by atoms with Gasteiger partial charge in [-0.15, -0.1) is 0 Å². The Kier molecular flexibility index (Phi) is 8.36. The van der Waals surface area contributed by atoms with Gasteiger partial charge in [0.1, 0.15) is 5.78 Å². The lowest BCUT2D eigenvalue weighted by Crippen LogP contribution is -2.35. The first-order valence-corrected chi connectivity index (χ1v) is 8.40. The molecule has 0 amide bonds. The Hall–Kier alpha value is -0.370. The molecule has 1 N–H and O–H groups in total. The fraction of sp³-hybridized carbons (Fsp3) is 0.941. The topological polar surface area (TPSA) is 37.3 Å². The predicted molar refractivity (Wildman–Crippen MR) is 80.3 cm³/mol. The zero-order chi connectivity index (χ0) is 14.0. The molecule has 0 aromatic carbocycles. The van der Waals surface area contributed by atoms with Gasteiger partial charge in [-0.3, -0.25) is 4.79 Å². The molecule has 0 saturated heterocycles. The molecule has 1 atom stereocenters. The van der Waals surface area contributed by atoms with Crippen molar-refractivity contribution in [2.75, 3.05) is 0 Å². The Morgan fingerprint density at radius 1 is 1.00 bits per heavy atom. The number of Topliss-reactive ketones (excluding diaryl/α,β-unsaturated/α-hetero) is 1. The first kappa shape index (κ1) is 16.7. The highest BCUT2D eigenvalue weighted by Gasteiger charge is 2.32. The summed E-state index contributed by atoms with van der Waals surface area (Å²) in [6.45, 7) is 2.25. The average Bonchev–Trinajstić information content (AvgIpc) is 2.36. The van der Waals surface area contributed by atoms with Crippen molar-refractivity contribution in [2.45, 2.75) is 102 Å². The van der Waals surface area contributed by atoms with Gasteiger partial charge in [0.25, 0.3) is 0 Å². The van der Waals surface area contributed by atoms with E-state index in [9.17, 15) is 9.90 Å². The number of ketones is 1. The molecule has 0 aromatic heterocycles. The molecule has 0 heterocycles. The Morgan fingerprint density at radius 3 is 2.16 bits per heavy atom. The zero-order valence-electron chi connectivity index (χ0n) is 12.8. The quantitative estimate of drug-likeness (QED) is 0.579. The predicted octanol–water partition coefficient (Wildman–Crippen LogP) is 4.78. The van der Waals surface area contributed by atoms with E-state index in [4.69, 9.17) is 0 Å². The zero-order valence-corrected chi connectivity index (χ0v) is 12.8. The van der Waals surface area contributed by atoms with Gasteiger partial charge in [-0.2, -0.15) is 0 Å². The standard InChI is InChI=1S/C17H32O2/c1-2-3-4-5-6-7-8-9-10-13-17(19)14-11-12-16(18)15-17/h19H,2-15H2,1H3/t17-/m1/s1. The second-order valence-corrected chi connectivity index (χ2v) is 6.37. The van der Waals surface area contributed by atoms with E-state index < -0.39 is 5.60 Å². The molecule has 1 rings (SSSR count). The molecule has 1 fully saturated rings. The summed E-state index contributed by atoms with van der Waals surface area (Å²) < 4.78 is 0. The van der Waals surface area contributed by atoms with E-state index in [0.29, 0.717) is 12.8 Å². The van der Waals surface area contributed by atoms with Crippen LogP contribution in [-0.2, 0) is 4.79 Å². The number of rotatable bonds is 10. The van der Waals surface area contributed by atoms with Crippen LogP contribution in [0.3, 0.4) is 0 Å². The second-order valence-electron chi connectivity index (χ2n) is 6.37. The Bertz CT molecular complexity index is 250. The molecule has 19 heavy (non-hydrogen) atoms. The van der Waals surface area contributed by atoms with Gasteiger partial charge in [0, 0.05) is 12.8 Å². The number of hydrogen-bond donors (Lipinski definition) is 1. The molecule has 112 valence electrons. The third-order valence-electron chi connectivity index (χ3n) is 4.37. The summed E-state index contributed by atoms with van der Waals surface area (Å²) in [4.78, 5) is 11.4. The molecular formula is C17H32O2. The highest BCUT2D eigenvalue weighted by Crippen LogP contribution is 2.30. The summed E-state index contributed by atoms with van der Waals surface area (Å²) in [7, 11) is 0. The maximum Gasteiger partial charge on any atom is 0.135 e. The van der Waals surface area contributed by atoms with Gasteiger partial charge >= 0.3 is 0 Å². The van der Waals surface area contributed by atoms with E-state index in [1.165, 1.54) is 51.4 Å². The molecule has 0 aliphatic heterocycles. The fourth-order valence-electron chi connectivity index (χ4n) is 3.14. The van der Waals surface area contributed by atoms with Gasteiger partial charge in [0.2, 0.25) is 0 Å². The number of aliphatic hydroxyl groups is 1. The molecule has 0 radical (unpaired) electrons. The van der Waals surface area contributed by atoms with Crippen molar-refractivity contribution in [1.82, 2.24) is 0 Å². The molecule has 1 aliphatic carbocycles. The van der Waals surface area contributed by atoms with Crippen molar-refractivity contribution in [3.05, 3.63) is 0 Å². The summed E-state index contributed by atoms with van der Waals surface area (Å²) >= 11 is 0. The van der Waals surface area contributed by atoms with Crippen LogP contribution >= 0.6 is 0 Å². The third kappa shape index (κ3) is 7.71. The SMILES string of the molecule is CCCCCCCCCCC[C@@]1(O)CCCC(=O)C1. The molecule has 2 nitrogen and oxygen atoms in total. The number of carbonyl (C=O) groups excluding carboxylic acids is 1. The lowest BCUT2D eigenvalue weighted by molar-refractivity contribution is -0.128. The lowest BCUT2D eigenvalue weighted by Gasteiger charge is -2.31. The van der Waals surface area contributed by atoms with E-state index in [1.807, 2.05) is 0 Å². The van der Waals surface area contributed by atoms with E-state index in [0.717, 1.165) is 25.7 Å². The molecular weight excluding hydrogens is 236 g/mol. The van der Waals surface area contributed by atoms with Gasteiger partial charge < -0.3 is 5.11 Å². The second kappa shape index (κ2) is 9.52. The Labute approximate surface area is 119 Å². The summed E-state index contributed by atoms with van der Waals surface area (Å²) in [5.41, 5.74) is -0.656. The summed E-state index contributed by atoms with van der Waals surface area (Å²) in [6.07, 6.45) is 15.4. The minimum atomic E-state index is -0.656. The molecule has 0 bridgehead atoms. The van der Waals surface area contributed by atoms with Crippen LogP contribution in [0.2, 0.25) is 0 Å². The smallest absolute Gasteiger partial charge is 0.135 e. The van der Waals surface area contributed by atoms with Crippen LogP contribution in [0, 0.1) is 0 Å². The van der Waals surface area contributed by atoms with E-state index in [-0.39, 0.29) is 5.78 Å². The minimum Gasteiger partial charge on any atom is -0.389 e. The summed E-state index contributed by atoms with van der Waals surface area (Å²) in [5, 5.41) is 10.3. The molecule has 0 unspecified atom stereocenters. The number of unbranched alkanes of at least 4 members (excludes halogenated alkanes) is 8.